The van der Waals surface area contributed by atoms with E-state index >= 15 is 0 Å². The highest BCUT2D eigenvalue weighted by molar-refractivity contribution is 7.20. The van der Waals surface area contributed by atoms with Crippen LogP contribution in [0.25, 0.3) is 21.2 Å². The Kier molecular flexibility index (Phi) is 4.27. The van der Waals surface area contributed by atoms with Crippen LogP contribution >= 0.6 is 11.3 Å². The Labute approximate surface area is 150 Å². The lowest BCUT2D eigenvalue weighted by atomic mass is 10.1. The van der Waals surface area contributed by atoms with Gasteiger partial charge >= 0.3 is 0 Å². The van der Waals surface area contributed by atoms with Crippen molar-refractivity contribution in [3.8, 4) is 11.1 Å². The molecule has 0 bridgehead atoms. The van der Waals surface area contributed by atoms with Crippen molar-refractivity contribution < 1.29 is 4.79 Å². The highest BCUT2D eigenvalue weighted by Gasteiger charge is 2.09. The van der Waals surface area contributed by atoms with Crippen LogP contribution < -0.4 is 5.32 Å². The van der Waals surface area contributed by atoms with Crippen LogP contribution in [0.4, 0.5) is 0 Å². The largest absolute Gasteiger partial charge is 0.347 e. The van der Waals surface area contributed by atoms with Gasteiger partial charge in [-0.1, -0.05) is 42.5 Å². The molecular weight excluding hydrogens is 328 g/mol. The molecule has 122 valence electrons. The third-order valence-corrected chi connectivity index (χ3v) is 5.18. The van der Waals surface area contributed by atoms with Crippen LogP contribution in [-0.2, 0) is 6.54 Å². The van der Waals surface area contributed by atoms with Crippen LogP contribution in [0.3, 0.4) is 0 Å². The van der Waals surface area contributed by atoms with Gasteiger partial charge in [0, 0.05) is 23.6 Å². The fourth-order valence-corrected chi connectivity index (χ4v) is 3.70. The molecule has 1 N–H and O–H groups in total. The molecule has 3 nitrogen and oxygen atoms in total. The number of hydrogen-bond donors (Lipinski definition) is 1. The van der Waals surface area contributed by atoms with E-state index in [-0.39, 0.29) is 5.91 Å². The Morgan fingerprint density at radius 3 is 2.40 bits per heavy atom. The molecule has 2 heterocycles. The van der Waals surface area contributed by atoms with Crippen LogP contribution in [0.1, 0.15) is 15.2 Å². The number of hydrogen-bond acceptors (Lipinski definition) is 3. The monoisotopic (exact) mass is 344 g/mol. The molecular formula is C21H16N2OS. The van der Waals surface area contributed by atoms with Gasteiger partial charge in [0.2, 0.25) is 0 Å². The summed E-state index contributed by atoms with van der Waals surface area (Å²) in [5.41, 5.74) is 3.35. The Bertz CT molecular complexity index is 974. The predicted octanol–water partition coefficient (Wildman–Crippen LogP) is 4.89. The Morgan fingerprint density at radius 2 is 1.64 bits per heavy atom. The van der Waals surface area contributed by atoms with E-state index in [0.29, 0.717) is 6.54 Å². The lowest BCUT2D eigenvalue weighted by Crippen LogP contribution is -2.21. The van der Waals surface area contributed by atoms with Gasteiger partial charge in [0.05, 0.1) is 4.88 Å². The summed E-state index contributed by atoms with van der Waals surface area (Å²) in [6.45, 7) is 0.518. The topological polar surface area (TPSA) is 42.0 Å². The highest BCUT2D eigenvalue weighted by Crippen LogP contribution is 2.25. The first-order valence-corrected chi connectivity index (χ1v) is 8.87. The number of nitrogens with zero attached hydrogens (tertiary/aromatic N) is 1. The van der Waals surface area contributed by atoms with Gasteiger partial charge in [-0.05, 0) is 46.3 Å². The van der Waals surface area contributed by atoms with Gasteiger partial charge in [-0.3, -0.25) is 9.78 Å². The van der Waals surface area contributed by atoms with Crippen molar-refractivity contribution in [1.82, 2.24) is 10.3 Å². The fraction of sp³-hybridized carbons (Fsp3) is 0.0476. The maximum absolute atomic E-state index is 12.4. The molecule has 0 radical (unpaired) electrons. The number of aromatic nitrogens is 1. The number of nitrogens with one attached hydrogen (secondary N) is 1. The molecule has 4 aromatic rings. The molecule has 1 amide bonds. The van der Waals surface area contributed by atoms with Gasteiger partial charge in [0.1, 0.15) is 0 Å². The van der Waals surface area contributed by atoms with E-state index in [0.717, 1.165) is 31.7 Å². The minimum Gasteiger partial charge on any atom is -0.347 e. The molecule has 0 unspecified atom stereocenters. The zero-order valence-corrected chi connectivity index (χ0v) is 14.3. The maximum atomic E-state index is 12.4. The molecule has 2 aromatic heterocycles. The van der Waals surface area contributed by atoms with E-state index in [1.165, 1.54) is 11.3 Å². The number of benzene rings is 2. The molecule has 0 saturated carbocycles. The third-order valence-electron chi connectivity index (χ3n) is 4.07. The zero-order chi connectivity index (χ0) is 17.1. The van der Waals surface area contributed by atoms with Crippen molar-refractivity contribution in [3.05, 3.63) is 89.6 Å². The van der Waals surface area contributed by atoms with Crippen molar-refractivity contribution in [2.45, 2.75) is 6.54 Å². The normalized spacial score (nSPS) is 10.7. The summed E-state index contributed by atoms with van der Waals surface area (Å²) in [6, 6.07) is 22.2. The van der Waals surface area contributed by atoms with Crippen LogP contribution in [0.2, 0.25) is 0 Å². The first-order chi connectivity index (χ1) is 12.3. The molecule has 0 atom stereocenters. The van der Waals surface area contributed by atoms with Gasteiger partial charge in [-0.15, -0.1) is 11.3 Å². The molecule has 0 saturated heterocycles. The molecule has 0 aliphatic carbocycles. The number of carbonyl (C=O) groups is 1. The van der Waals surface area contributed by atoms with E-state index in [9.17, 15) is 4.79 Å². The van der Waals surface area contributed by atoms with E-state index in [1.807, 2.05) is 54.6 Å². The number of rotatable bonds is 4. The minimum absolute atomic E-state index is 0.0283. The fourth-order valence-electron chi connectivity index (χ4n) is 2.72. The predicted molar refractivity (Wildman–Crippen MR) is 103 cm³/mol. The van der Waals surface area contributed by atoms with Crippen molar-refractivity contribution in [3.63, 3.8) is 0 Å². The molecule has 25 heavy (non-hydrogen) atoms. The maximum Gasteiger partial charge on any atom is 0.261 e. The molecule has 4 heteroatoms. The number of carbonyl (C=O) groups excluding carboxylic acids is 1. The Morgan fingerprint density at radius 1 is 0.920 bits per heavy atom. The van der Waals surface area contributed by atoms with Crippen molar-refractivity contribution >= 4 is 27.3 Å². The lowest BCUT2D eigenvalue weighted by molar-refractivity contribution is 0.0955. The summed E-state index contributed by atoms with van der Waals surface area (Å²) in [6.07, 6.45) is 3.57. The molecule has 0 aliphatic heterocycles. The van der Waals surface area contributed by atoms with Gasteiger partial charge in [0.25, 0.3) is 5.91 Å². The van der Waals surface area contributed by atoms with Gasteiger partial charge in [0.15, 0.2) is 0 Å². The van der Waals surface area contributed by atoms with Gasteiger partial charge in [-0.25, -0.2) is 0 Å². The molecule has 4 rings (SSSR count). The summed E-state index contributed by atoms with van der Waals surface area (Å²) < 4.78 is 1.13. The number of fused-ring (bicyclic) bond motifs is 1. The first-order valence-electron chi connectivity index (χ1n) is 8.06. The second kappa shape index (κ2) is 6.87. The SMILES string of the molecule is O=C(NCc1ccc(-c2ccncc2)cc1)c1cc2ccccc2s1. The van der Waals surface area contributed by atoms with E-state index in [1.54, 1.807) is 12.4 Å². The summed E-state index contributed by atoms with van der Waals surface area (Å²) in [5, 5.41) is 4.11. The third kappa shape index (κ3) is 3.44. The zero-order valence-electron chi connectivity index (χ0n) is 13.5. The summed E-state index contributed by atoms with van der Waals surface area (Å²) >= 11 is 1.52. The van der Waals surface area contributed by atoms with E-state index in [2.05, 4.69) is 22.4 Å². The number of amides is 1. The van der Waals surface area contributed by atoms with E-state index < -0.39 is 0 Å². The van der Waals surface area contributed by atoms with Crippen molar-refractivity contribution in [2.75, 3.05) is 0 Å². The van der Waals surface area contributed by atoms with Crippen molar-refractivity contribution in [1.29, 1.82) is 0 Å². The minimum atomic E-state index is -0.0283. The van der Waals surface area contributed by atoms with Gasteiger partial charge < -0.3 is 5.32 Å². The summed E-state index contributed by atoms with van der Waals surface area (Å²) in [5.74, 6) is -0.0283. The van der Waals surface area contributed by atoms with Crippen LogP contribution in [0.5, 0.6) is 0 Å². The molecule has 2 aromatic carbocycles. The summed E-state index contributed by atoms with van der Waals surface area (Å²) in [7, 11) is 0. The molecule has 0 spiro atoms. The quantitative estimate of drug-likeness (QED) is 0.572. The lowest BCUT2D eigenvalue weighted by Gasteiger charge is -2.06. The Hall–Kier alpha value is -2.98. The second-order valence-electron chi connectivity index (χ2n) is 5.76. The average Bonchev–Trinajstić information content (AvgIpc) is 3.11. The first kappa shape index (κ1) is 15.5. The highest BCUT2D eigenvalue weighted by atomic mass is 32.1. The Balaban J connectivity index is 1.43. The number of thiophene rings is 1. The van der Waals surface area contributed by atoms with Crippen molar-refractivity contribution in [2.24, 2.45) is 0 Å². The van der Waals surface area contributed by atoms with Crippen LogP contribution in [0, 0.1) is 0 Å². The summed E-state index contributed by atoms with van der Waals surface area (Å²) in [4.78, 5) is 17.1. The smallest absolute Gasteiger partial charge is 0.261 e. The molecule has 0 fully saturated rings. The van der Waals surface area contributed by atoms with Crippen LogP contribution in [0.15, 0.2) is 79.1 Å². The molecule has 0 aliphatic rings. The van der Waals surface area contributed by atoms with Gasteiger partial charge in [-0.2, -0.15) is 0 Å². The average molecular weight is 344 g/mol. The van der Waals surface area contributed by atoms with E-state index in [4.69, 9.17) is 0 Å². The van der Waals surface area contributed by atoms with Crippen LogP contribution in [-0.4, -0.2) is 10.9 Å². The standard InChI is InChI=1S/C21H16N2OS/c24-21(20-13-18-3-1-2-4-19(18)25-20)23-14-15-5-7-16(8-6-15)17-9-11-22-12-10-17/h1-13H,14H2,(H,23,24). The number of pyridine rings is 1. The second-order valence-corrected chi connectivity index (χ2v) is 6.85.